The number of benzene rings is 1. The first-order valence-corrected chi connectivity index (χ1v) is 8.47. The lowest BCUT2D eigenvalue weighted by Crippen LogP contribution is -2.44. The van der Waals surface area contributed by atoms with Crippen LogP contribution in [0.4, 0.5) is 0 Å². The van der Waals surface area contributed by atoms with E-state index in [1.54, 1.807) is 6.07 Å². The number of phenols is 3. The molecule has 0 aliphatic heterocycles. The lowest BCUT2D eigenvalue weighted by molar-refractivity contribution is -0.0506. The van der Waals surface area contributed by atoms with Gasteiger partial charge >= 0.3 is 0 Å². The predicted octanol–water partition coefficient (Wildman–Crippen LogP) is 1.99. The second-order valence-electron chi connectivity index (χ2n) is 7.87. The number of phenolic OH excluding ortho intramolecular Hbond substituents is 3. The number of hydrogen-bond donors (Lipinski definition) is 5. The van der Waals surface area contributed by atoms with Crippen molar-refractivity contribution in [1.29, 1.82) is 0 Å². The van der Waals surface area contributed by atoms with Crippen molar-refractivity contribution in [3.05, 3.63) is 17.2 Å². The minimum absolute atomic E-state index is 0.196. The summed E-state index contributed by atoms with van der Waals surface area (Å²) < 4.78 is 0. The zero-order valence-corrected chi connectivity index (χ0v) is 13.2. The molecule has 23 heavy (non-hydrogen) atoms. The van der Waals surface area contributed by atoms with Crippen LogP contribution in [0.1, 0.15) is 49.7 Å². The van der Waals surface area contributed by atoms with E-state index in [1.807, 2.05) is 0 Å². The average Bonchev–Trinajstić information content (AvgIpc) is 2.76. The third kappa shape index (κ3) is 1.86. The second-order valence-corrected chi connectivity index (χ2v) is 7.87. The highest BCUT2D eigenvalue weighted by molar-refractivity contribution is 5.58. The molecular formula is C18H24O5. The lowest BCUT2D eigenvalue weighted by Gasteiger charge is -2.49. The molecule has 0 spiro atoms. The highest BCUT2D eigenvalue weighted by Gasteiger charge is 2.57. The number of aliphatic hydroxyl groups excluding tert-OH is 2. The third-order valence-electron chi connectivity index (χ3n) is 6.93. The largest absolute Gasteiger partial charge is 0.504 e. The molecule has 0 saturated heterocycles. The summed E-state index contributed by atoms with van der Waals surface area (Å²) in [6.45, 7) is 2.08. The molecule has 0 radical (unpaired) electrons. The van der Waals surface area contributed by atoms with Gasteiger partial charge in [0.25, 0.3) is 0 Å². The van der Waals surface area contributed by atoms with Crippen LogP contribution in [-0.2, 0) is 6.42 Å². The van der Waals surface area contributed by atoms with Crippen LogP contribution in [0.3, 0.4) is 0 Å². The summed E-state index contributed by atoms with van der Waals surface area (Å²) in [5, 5.41) is 50.3. The fourth-order valence-corrected chi connectivity index (χ4v) is 5.67. The number of rotatable bonds is 0. The maximum atomic E-state index is 10.4. The van der Waals surface area contributed by atoms with Crippen molar-refractivity contribution in [2.45, 2.75) is 57.2 Å². The highest BCUT2D eigenvalue weighted by Crippen LogP contribution is 2.62. The summed E-state index contributed by atoms with van der Waals surface area (Å²) in [7, 11) is 0. The monoisotopic (exact) mass is 320 g/mol. The van der Waals surface area contributed by atoms with Crippen LogP contribution in [0.15, 0.2) is 6.07 Å². The Morgan fingerprint density at radius 3 is 2.57 bits per heavy atom. The number of fused-ring (bicyclic) bond motifs is 5. The smallest absolute Gasteiger partial charge is 0.200 e. The van der Waals surface area contributed by atoms with E-state index >= 15 is 0 Å². The number of aliphatic hydroxyl groups is 2. The average molecular weight is 320 g/mol. The van der Waals surface area contributed by atoms with Crippen LogP contribution in [0.25, 0.3) is 0 Å². The number of hydrogen-bond acceptors (Lipinski definition) is 5. The van der Waals surface area contributed by atoms with E-state index in [2.05, 4.69) is 6.92 Å². The molecule has 0 bridgehead atoms. The Morgan fingerprint density at radius 1 is 1.09 bits per heavy atom. The van der Waals surface area contributed by atoms with E-state index in [1.165, 1.54) is 0 Å². The first kappa shape index (κ1) is 15.1. The van der Waals surface area contributed by atoms with Crippen LogP contribution in [0, 0.1) is 17.3 Å². The van der Waals surface area contributed by atoms with E-state index < -0.39 is 18.0 Å². The van der Waals surface area contributed by atoms with Crippen LogP contribution < -0.4 is 0 Å². The predicted molar refractivity (Wildman–Crippen MR) is 83.5 cm³/mol. The van der Waals surface area contributed by atoms with Gasteiger partial charge in [0, 0.05) is 5.56 Å². The molecule has 5 N–H and O–H groups in total. The minimum Gasteiger partial charge on any atom is -0.504 e. The van der Waals surface area contributed by atoms with Crippen molar-refractivity contribution < 1.29 is 25.5 Å². The van der Waals surface area contributed by atoms with E-state index in [0.717, 1.165) is 30.4 Å². The highest BCUT2D eigenvalue weighted by atomic mass is 16.3. The number of aromatic hydroxyl groups is 3. The van der Waals surface area contributed by atoms with Gasteiger partial charge in [0.05, 0.1) is 12.2 Å². The summed E-state index contributed by atoms with van der Waals surface area (Å²) in [4.78, 5) is 0. The maximum absolute atomic E-state index is 10.4. The maximum Gasteiger partial charge on any atom is 0.200 e. The Labute approximate surface area is 135 Å². The quantitative estimate of drug-likeness (QED) is 0.471. The molecular weight excluding hydrogens is 296 g/mol. The van der Waals surface area contributed by atoms with Crippen LogP contribution in [0.2, 0.25) is 0 Å². The molecule has 0 amide bonds. The molecule has 2 fully saturated rings. The van der Waals surface area contributed by atoms with E-state index in [9.17, 15) is 25.5 Å². The van der Waals surface area contributed by atoms with E-state index in [0.29, 0.717) is 18.8 Å². The minimum atomic E-state index is -0.670. The van der Waals surface area contributed by atoms with Gasteiger partial charge in [-0.1, -0.05) is 6.92 Å². The van der Waals surface area contributed by atoms with E-state index in [-0.39, 0.29) is 28.7 Å². The summed E-state index contributed by atoms with van der Waals surface area (Å²) in [6, 6.07) is 1.59. The van der Waals surface area contributed by atoms with Crippen molar-refractivity contribution in [3.8, 4) is 17.2 Å². The molecule has 0 heterocycles. The molecule has 2 saturated carbocycles. The molecule has 1 aromatic rings. The normalized spacial score (nSPS) is 42.0. The van der Waals surface area contributed by atoms with Gasteiger partial charge in [-0.3, -0.25) is 0 Å². The Kier molecular flexibility index (Phi) is 3.13. The zero-order chi connectivity index (χ0) is 16.5. The van der Waals surface area contributed by atoms with Gasteiger partial charge in [-0.2, -0.15) is 0 Å². The first-order chi connectivity index (χ1) is 10.8. The molecule has 5 nitrogen and oxygen atoms in total. The van der Waals surface area contributed by atoms with Crippen LogP contribution in [0.5, 0.6) is 17.2 Å². The van der Waals surface area contributed by atoms with Crippen molar-refractivity contribution >= 4 is 0 Å². The van der Waals surface area contributed by atoms with Crippen LogP contribution in [-0.4, -0.2) is 37.7 Å². The van der Waals surface area contributed by atoms with Gasteiger partial charge in [0.15, 0.2) is 11.5 Å². The van der Waals surface area contributed by atoms with Crippen LogP contribution >= 0.6 is 0 Å². The van der Waals surface area contributed by atoms with Gasteiger partial charge in [-0.25, -0.2) is 0 Å². The molecule has 1 aromatic carbocycles. The van der Waals surface area contributed by atoms with Crippen molar-refractivity contribution in [3.63, 3.8) is 0 Å². The standard InChI is InChI=1S/C18H24O5/c1-18-5-4-8-9(12(18)7-14(20)17(18)23)2-3-10-11(8)6-13(19)16(22)15(10)21/h6,8-9,12,14,17,19-23H,2-5,7H2,1H3. The van der Waals surface area contributed by atoms with E-state index in [4.69, 9.17) is 0 Å². The SMILES string of the molecule is CC12CCC3c4cc(O)c(O)c(O)c4CCC3C1CC(O)C2O. The van der Waals surface area contributed by atoms with Crippen molar-refractivity contribution in [2.24, 2.45) is 17.3 Å². The van der Waals surface area contributed by atoms with Gasteiger partial charge in [-0.05, 0) is 66.9 Å². The Hall–Kier alpha value is -1.46. The summed E-state index contributed by atoms with van der Waals surface area (Å²) in [5.41, 5.74) is 1.41. The molecule has 3 aliphatic carbocycles. The van der Waals surface area contributed by atoms with Crippen molar-refractivity contribution in [2.75, 3.05) is 0 Å². The first-order valence-electron chi connectivity index (χ1n) is 8.47. The van der Waals surface area contributed by atoms with Gasteiger partial charge < -0.3 is 25.5 Å². The Morgan fingerprint density at radius 2 is 1.83 bits per heavy atom. The second kappa shape index (κ2) is 4.77. The summed E-state index contributed by atoms with van der Waals surface area (Å²) in [6.07, 6.45) is 2.48. The molecule has 126 valence electrons. The Balaban J connectivity index is 1.76. The molecule has 0 aromatic heterocycles. The van der Waals surface area contributed by atoms with Crippen molar-refractivity contribution in [1.82, 2.24) is 0 Å². The Bertz CT molecular complexity index is 657. The molecule has 6 atom stereocenters. The topological polar surface area (TPSA) is 101 Å². The molecule has 3 aliphatic rings. The fraction of sp³-hybridized carbons (Fsp3) is 0.667. The van der Waals surface area contributed by atoms with Gasteiger partial charge in [0.2, 0.25) is 5.75 Å². The molecule has 6 unspecified atom stereocenters. The molecule has 5 heteroatoms. The third-order valence-corrected chi connectivity index (χ3v) is 6.93. The molecule has 4 rings (SSSR count). The summed E-state index contributed by atoms with van der Waals surface area (Å²) in [5.74, 6) is -0.129. The lowest BCUT2D eigenvalue weighted by atomic mass is 9.55. The van der Waals surface area contributed by atoms with Gasteiger partial charge in [-0.15, -0.1) is 0 Å². The summed E-state index contributed by atoms with van der Waals surface area (Å²) >= 11 is 0. The fourth-order valence-electron chi connectivity index (χ4n) is 5.67. The van der Waals surface area contributed by atoms with Gasteiger partial charge in [0.1, 0.15) is 0 Å². The zero-order valence-electron chi connectivity index (χ0n) is 13.2.